The van der Waals surface area contributed by atoms with E-state index >= 15 is 0 Å². The number of aldehydes is 1. The molecule has 114 valence electrons. The molecular weight excluding hydrogens is 278 g/mol. The van der Waals surface area contributed by atoms with Gasteiger partial charge in [-0.3, -0.25) is 4.79 Å². The van der Waals surface area contributed by atoms with Gasteiger partial charge in [-0.05, 0) is 54.2 Å². The van der Waals surface area contributed by atoms with Gasteiger partial charge in [0.05, 0.1) is 16.3 Å². The minimum Gasteiger partial charge on any atom is -0.351 e. The van der Waals surface area contributed by atoms with Gasteiger partial charge in [0.15, 0.2) is 6.29 Å². The molecule has 0 saturated heterocycles. The minimum absolute atomic E-state index is 0.406. The van der Waals surface area contributed by atoms with E-state index in [4.69, 9.17) is 0 Å². The Kier molecular flexibility index (Phi) is 5.40. The number of aromatic amines is 1. The fraction of sp³-hybridized carbons (Fsp3) is 0.500. The molecule has 0 amide bonds. The standard InChI is InChI=1S/C18H25NOS/c1-4-9-18(2,3)10-5-7-14-12-15(19-16(14)13-20)17-8-6-11-21-17/h6,8,11-13,19H,4-5,7,9-10H2,1-3H3. The number of aryl methyl sites for hydroxylation is 1. The molecule has 2 aromatic heterocycles. The summed E-state index contributed by atoms with van der Waals surface area (Å²) in [4.78, 5) is 15.7. The van der Waals surface area contributed by atoms with Crippen molar-refractivity contribution in [3.05, 3.63) is 34.8 Å². The Morgan fingerprint density at radius 2 is 2.14 bits per heavy atom. The monoisotopic (exact) mass is 303 g/mol. The Balaban J connectivity index is 2.01. The quantitative estimate of drug-likeness (QED) is 0.623. The number of nitrogens with one attached hydrogen (secondary N) is 1. The molecule has 0 aliphatic heterocycles. The van der Waals surface area contributed by atoms with Crippen molar-refractivity contribution >= 4 is 17.6 Å². The number of rotatable bonds is 8. The fourth-order valence-electron chi connectivity index (χ4n) is 2.95. The minimum atomic E-state index is 0.406. The molecule has 0 aliphatic carbocycles. The summed E-state index contributed by atoms with van der Waals surface area (Å²) in [5.74, 6) is 0. The highest BCUT2D eigenvalue weighted by Crippen LogP contribution is 2.30. The molecule has 0 radical (unpaired) electrons. The van der Waals surface area contributed by atoms with Crippen LogP contribution in [-0.2, 0) is 6.42 Å². The lowest BCUT2D eigenvalue weighted by Crippen LogP contribution is -2.11. The molecule has 0 aromatic carbocycles. The van der Waals surface area contributed by atoms with Crippen LogP contribution in [0, 0.1) is 5.41 Å². The average Bonchev–Trinajstić information content (AvgIpc) is 3.06. The summed E-state index contributed by atoms with van der Waals surface area (Å²) in [6.07, 6.45) is 6.77. The average molecular weight is 303 g/mol. The third-order valence-electron chi connectivity index (χ3n) is 4.06. The Morgan fingerprint density at radius 1 is 1.33 bits per heavy atom. The van der Waals surface area contributed by atoms with Gasteiger partial charge in [0.1, 0.15) is 0 Å². The summed E-state index contributed by atoms with van der Waals surface area (Å²) < 4.78 is 0. The molecule has 21 heavy (non-hydrogen) atoms. The lowest BCUT2D eigenvalue weighted by molar-refractivity contribution is 0.111. The molecule has 2 nitrogen and oxygen atoms in total. The van der Waals surface area contributed by atoms with Crippen LogP contribution in [0.3, 0.4) is 0 Å². The van der Waals surface area contributed by atoms with Crippen molar-refractivity contribution < 1.29 is 4.79 Å². The maximum Gasteiger partial charge on any atom is 0.166 e. The highest BCUT2D eigenvalue weighted by molar-refractivity contribution is 7.13. The molecule has 0 spiro atoms. The van der Waals surface area contributed by atoms with E-state index < -0.39 is 0 Å². The molecule has 1 N–H and O–H groups in total. The Bertz CT molecular complexity index is 566. The highest BCUT2D eigenvalue weighted by Gasteiger charge is 2.17. The van der Waals surface area contributed by atoms with Gasteiger partial charge in [-0.1, -0.05) is 33.3 Å². The molecule has 3 heteroatoms. The second kappa shape index (κ2) is 7.08. The smallest absolute Gasteiger partial charge is 0.166 e. The molecule has 0 fully saturated rings. The Labute approximate surface area is 131 Å². The molecule has 0 aliphatic rings. The highest BCUT2D eigenvalue weighted by atomic mass is 32.1. The number of carbonyl (C=O) groups excluding carboxylic acids is 1. The van der Waals surface area contributed by atoms with Crippen molar-refractivity contribution in [2.75, 3.05) is 0 Å². The van der Waals surface area contributed by atoms with Gasteiger partial charge < -0.3 is 4.98 Å². The van der Waals surface area contributed by atoms with Crippen molar-refractivity contribution in [2.45, 2.75) is 52.9 Å². The van der Waals surface area contributed by atoms with Gasteiger partial charge >= 0.3 is 0 Å². The predicted octanol–water partition coefficient (Wildman–Crippen LogP) is 5.70. The van der Waals surface area contributed by atoms with E-state index in [-0.39, 0.29) is 0 Å². The van der Waals surface area contributed by atoms with Crippen LogP contribution < -0.4 is 0 Å². The van der Waals surface area contributed by atoms with Crippen LogP contribution in [0.1, 0.15) is 62.5 Å². The molecular formula is C18H25NOS. The molecule has 0 unspecified atom stereocenters. The predicted molar refractivity (Wildman–Crippen MR) is 91.1 cm³/mol. The number of carbonyl (C=O) groups is 1. The first-order chi connectivity index (χ1) is 10.1. The summed E-state index contributed by atoms with van der Waals surface area (Å²) in [6, 6.07) is 6.26. The maximum atomic E-state index is 11.2. The third-order valence-corrected chi connectivity index (χ3v) is 4.97. The number of hydrogen-bond acceptors (Lipinski definition) is 2. The Morgan fingerprint density at radius 3 is 2.76 bits per heavy atom. The SMILES string of the molecule is CCCC(C)(C)CCCc1cc(-c2cccs2)[nH]c1C=O. The molecule has 0 atom stereocenters. The maximum absolute atomic E-state index is 11.2. The molecule has 2 rings (SSSR count). The zero-order valence-electron chi connectivity index (χ0n) is 13.2. The summed E-state index contributed by atoms with van der Waals surface area (Å²) in [6.45, 7) is 6.92. The second-order valence-electron chi connectivity index (χ2n) is 6.48. The van der Waals surface area contributed by atoms with Crippen LogP contribution in [0.2, 0.25) is 0 Å². The van der Waals surface area contributed by atoms with Crippen LogP contribution >= 0.6 is 11.3 Å². The van der Waals surface area contributed by atoms with Crippen molar-refractivity contribution in [1.29, 1.82) is 0 Å². The van der Waals surface area contributed by atoms with Gasteiger partial charge in [-0.15, -0.1) is 11.3 Å². The first-order valence-electron chi connectivity index (χ1n) is 7.76. The topological polar surface area (TPSA) is 32.9 Å². The number of thiophene rings is 1. The summed E-state index contributed by atoms with van der Waals surface area (Å²) in [5.41, 5.74) is 3.37. The van der Waals surface area contributed by atoms with Gasteiger partial charge in [0.2, 0.25) is 0 Å². The summed E-state index contributed by atoms with van der Waals surface area (Å²) >= 11 is 1.70. The van der Waals surface area contributed by atoms with E-state index in [1.807, 2.05) is 6.07 Å². The van der Waals surface area contributed by atoms with E-state index in [1.54, 1.807) is 11.3 Å². The van der Waals surface area contributed by atoms with Crippen LogP contribution in [0.5, 0.6) is 0 Å². The zero-order valence-corrected chi connectivity index (χ0v) is 14.1. The van der Waals surface area contributed by atoms with Crippen LogP contribution in [0.25, 0.3) is 10.6 Å². The van der Waals surface area contributed by atoms with Crippen molar-refractivity contribution in [3.63, 3.8) is 0 Å². The first-order valence-corrected chi connectivity index (χ1v) is 8.64. The molecule has 2 heterocycles. The lowest BCUT2D eigenvalue weighted by Gasteiger charge is -2.23. The zero-order chi connectivity index (χ0) is 15.3. The van der Waals surface area contributed by atoms with Crippen LogP contribution in [0.15, 0.2) is 23.6 Å². The third kappa shape index (κ3) is 4.31. The Hall–Kier alpha value is -1.35. The largest absolute Gasteiger partial charge is 0.351 e. The fourth-order valence-corrected chi connectivity index (χ4v) is 3.65. The summed E-state index contributed by atoms with van der Waals surface area (Å²) in [5, 5.41) is 2.06. The van der Waals surface area contributed by atoms with Crippen LogP contribution in [0.4, 0.5) is 0 Å². The second-order valence-corrected chi connectivity index (χ2v) is 7.43. The molecule has 0 saturated carbocycles. The van der Waals surface area contributed by atoms with E-state index in [0.29, 0.717) is 5.41 Å². The van der Waals surface area contributed by atoms with E-state index in [2.05, 4.69) is 43.3 Å². The first kappa shape index (κ1) is 16.0. The van der Waals surface area contributed by atoms with Crippen molar-refractivity contribution in [2.24, 2.45) is 5.41 Å². The lowest BCUT2D eigenvalue weighted by atomic mass is 9.82. The number of hydrogen-bond donors (Lipinski definition) is 1. The summed E-state index contributed by atoms with van der Waals surface area (Å²) in [7, 11) is 0. The number of aromatic nitrogens is 1. The number of H-pyrrole nitrogens is 1. The van der Waals surface area contributed by atoms with Crippen molar-refractivity contribution in [1.82, 2.24) is 4.98 Å². The van der Waals surface area contributed by atoms with Crippen molar-refractivity contribution in [3.8, 4) is 10.6 Å². The van der Waals surface area contributed by atoms with E-state index in [9.17, 15) is 4.79 Å². The van der Waals surface area contributed by atoms with Gasteiger partial charge in [-0.25, -0.2) is 0 Å². The van der Waals surface area contributed by atoms with Crippen LogP contribution in [-0.4, -0.2) is 11.3 Å². The van der Waals surface area contributed by atoms with E-state index in [0.717, 1.165) is 36.1 Å². The van der Waals surface area contributed by atoms with Gasteiger partial charge in [-0.2, -0.15) is 0 Å². The molecule has 2 aromatic rings. The van der Waals surface area contributed by atoms with Gasteiger partial charge in [0, 0.05) is 0 Å². The normalized spacial score (nSPS) is 11.8. The van der Waals surface area contributed by atoms with E-state index in [1.165, 1.54) is 24.1 Å². The molecule has 0 bridgehead atoms. The van der Waals surface area contributed by atoms with Gasteiger partial charge in [0.25, 0.3) is 0 Å².